The van der Waals surface area contributed by atoms with E-state index in [2.05, 4.69) is 22.3 Å². The van der Waals surface area contributed by atoms with Crippen molar-refractivity contribution in [3.63, 3.8) is 0 Å². The fraction of sp³-hybridized carbons (Fsp3) is 0.714. The number of rotatable bonds is 2. The highest BCUT2D eigenvalue weighted by Gasteiger charge is 2.23. The van der Waals surface area contributed by atoms with Crippen LogP contribution in [0.3, 0.4) is 0 Å². The van der Waals surface area contributed by atoms with E-state index in [9.17, 15) is 0 Å². The van der Waals surface area contributed by atoms with Gasteiger partial charge in [-0.1, -0.05) is 0 Å². The van der Waals surface area contributed by atoms with Crippen LogP contribution in [0.2, 0.25) is 0 Å². The zero-order valence-corrected chi connectivity index (χ0v) is 6.62. The number of aromatic nitrogens is 3. The number of nitrogens with zero attached hydrogens (tertiary/aromatic N) is 3. The number of hydrogen-bond donors (Lipinski definition) is 1. The van der Waals surface area contributed by atoms with E-state index >= 15 is 0 Å². The molecule has 11 heavy (non-hydrogen) atoms. The van der Waals surface area contributed by atoms with E-state index in [1.54, 1.807) is 6.33 Å². The quantitative estimate of drug-likeness (QED) is 0.648. The van der Waals surface area contributed by atoms with Gasteiger partial charge < -0.3 is 5.32 Å². The lowest BCUT2D eigenvalue weighted by Crippen LogP contribution is -2.41. The van der Waals surface area contributed by atoms with Gasteiger partial charge in [-0.2, -0.15) is 5.10 Å². The first-order chi connectivity index (χ1) is 5.42. The van der Waals surface area contributed by atoms with Crippen LogP contribution in [-0.2, 0) is 6.54 Å². The highest BCUT2D eigenvalue weighted by atomic mass is 15.3. The highest BCUT2D eigenvalue weighted by molar-refractivity contribution is 5.02. The fourth-order valence-corrected chi connectivity index (χ4v) is 1.30. The van der Waals surface area contributed by atoms with Crippen LogP contribution in [0.5, 0.6) is 0 Å². The van der Waals surface area contributed by atoms with E-state index in [1.807, 2.05) is 4.68 Å². The number of hydrogen-bond acceptors (Lipinski definition) is 3. The summed E-state index contributed by atoms with van der Waals surface area (Å²) in [5, 5.41) is 7.34. The molecule has 0 unspecified atom stereocenters. The highest BCUT2D eigenvalue weighted by Crippen LogP contribution is 2.16. The largest absolute Gasteiger partial charge is 0.315 e. The van der Waals surface area contributed by atoms with Gasteiger partial charge in [-0.25, -0.2) is 9.67 Å². The average Bonchev–Trinajstić information content (AvgIpc) is 2.32. The average molecular weight is 152 g/mol. The third kappa shape index (κ3) is 1.03. The van der Waals surface area contributed by atoms with Crippen LogP contribution >= 0.6 is 0 Å². The van der Waals surface area contributed by atoms with E-state index < -0.39 is 0 Å². The van der Waals surface area contributed by atoms with Crippen molar-refractivity contribution in [2.24, 2.45) is 0 Å². The molecule has 1 aromatic heterocycles. The summed E-state index contributed by atoms with van der Waals surface area (Å²) in [5.41, 5.74) is 0. The lowest BCUT2D eigenvalue weighted by Gasteiger charge is -2.26. The van der Waals surface area contributed by atoms with Crippen LogP contribution in [0.25, 0.3) is 0 Å². The Morgan fingerprint density at radius 1 is 1.73 bits per heavy atom. The van der Waals surface area contributed by atoms with Crippen LogP contribution in [0.4, 0.5) is 0 Å². The molecular weight excluding hydrogens is 140 g/mol. The zero-order chi connectivity index (χ0) is 7.68. The van der Waals surface area contributed by atoms with Crippen molar-refractivity contribution in [2.75, 3.05) is 13.1 Å². The van der Waals surface area contributed by atoms with Crippen molar-refractivity contribution in [1.82, 2.24) is 20.1 Å². The Morgan fingerprint density at radius 3 is 3.09 bits per heavy atom. The van der Waals surface area contributed by atoms with Crippen molar-refractivity contribution < 1.29 is 0 Å². The predicted octanol–water partition coefficient (Wildman–Crippen LogP) is -0.0152. The second kappa shape index (κ2) is 2.62. The second-order valence-corrected chi connectivity index (χ2v) is 2.79. The SMILES string of the molecule is CCn1ncnc1C1CNC1. The molecule has 2 heterocycles. The summed E-state index contributed by atoms with van der Waals surface area (Å²) in [7, 11) is 0. The molecule has 1 saturated heterocycles. The molecule has 1 fully saturated rings. The van der Waals surface area contributed by atoms with Gasteiger partial charge in [0.2, 0.25) is 0 Å². The van der Waals surface area contributed by atoms with Gasteiger partial charge in [0.05, 0.1) is 0 Å². The molecule has 1 aromatic rings. The predicted molar refractivity (Wildman–Crippen MR) is 41.3 cm³/mol. The molecule has 1 aliphatic rings. The molecule has 4 nitrogen and oxygen atoms in total. The summed E-state index contributed by atoms with van der Waals surface area (Å²) in [6, 6.07) is 0. The van der Waals surface area contributed by atoms with Gasteiger partial charge in [0, 0.05) is 25.6 Å². The summed E-state index contributed by atoms with van der Waals surface area (Å²) in [6.45, 7) is 5.12. The van der Waals surface area contributed by atoms with Gasteiger partial charge in [-0.05, 0) is 6.92 Å². The standard InChI is InChI=1S/C7H12N4/c1-2-11-7(9-5-10-11)6-3-8-4-6/h5-6,8H,2-4H2,1H3. The molecule has 60 valence electrons. The van der Waals surface area contributed by atoms with Crippen molar-refractivity contribution in [2.45, 2.75) is 19.4 Å². The van der Waals surface area contributed by atoms with Crippen LogP contribution in [0.15, 0.2) is 6.33 Å². The third-order valence-corrected chi connectivity index (χ3v) is 2.09. The minimum absolute atomic E-state index is 0.595. The molecule has 0 aliphatic carbocycles. The molecule has 0 amide bonds. The van der Waals surface area contributed by atoms with Gasteiger partial charge >= 0.3 is 0 Å². The van der Waals surface area contributed by atoms with Crippen molar-refractivity contribution >= 4 is 0 Å². The van der Waals surface area contributed by atoms with Gasteiger partial charge in [0.25, 0.3) is 0 Å². The smallest absolute Gasteiger partial charge is 0.138 e. The lowest BCUT2D eigenvalue weighted by atomic mass is 10.0. The Kier molecular flexibility index (Phi) is 1.62. The van der Waals surface area contributed by atoms with Crippen molar-refractivity contribution in [3.8, 4) is 0 Å². The van der Waals surface area contributed by atoms with Gasteiger partial charge in [-0.3, -0.25) is 0 Å². The maximum Gasteiger partial charge on any atom is 0.138 e. The molecule has 0 aromatic carbocycles. The lowest BCUT2D eigenvalue weighted by molar-refractivity contribution is 0.408. The summed E-state index contributed by atoms with van der Waals surface area (Å²) >= 11 is 0. The van der Waals surface area contributed by atoms with Crippen LogP contribution in [0.1, 0.15) is 18.7 Å². The Morgan fingerprint density at radius 2 is 2.55 bits per heavy atom. The van der Waals surface area contributed by atoms with Gasteiger partial charge in [0.15, 0.2) is 0 Å². The summed E-state index contributed by atoms with van der Waals surface area (Å²) in [6.07, 6.45) is 1.64. The minimum Gasteiger partial charge on any atom is -0.315 e. The maximum atomic E-state index is 4.22. The minimum atomic E-state index is 0.595. The first-order valence-electron chi connectivity index (χ1n) is 4.00. The Bertz CT molecular complexity index is 238. The van der Waals surface area contributed by atoms with Crippen LogP contribution in [0, 0.1) is 0 Å². The molecule has 2 rings (SSSR count). The number of nitrogens with one attached hydrogen (secondary N) is 1. The molecular formula is C7H12N4. The summed E-state index contributed by atoms with van der Waals surface area (Å²) in [4.78, 5) is 4.22. The molecule has 0 atom stereocenters. The Balaban J connectivity index is 2.20. The normalized spacial score (nSPS) is 18.3. The Labute approximate surface area is 65.6 Å². The molecule has 1 aliphatic heterocycles. The Hall–Kier alpha value is -0.900. The third-order valence-electron chi connectivity index (χ3n) is 2.09. The van der Waals surface area contributed by atoms with Crippen LogP contribution in [-0.4, -0.2) is 27.9 Å². The molecule has 0 radical (unpaired) electrons. The van der Waals surface area contributed by atoms with E-state index in [1.165, 1.54) is 0 Å². The van der Waals surface area contributed by atoms with Gasteiger partial charge in [-0.15, -0.1) is 0 Å². The summed E-state index contributed by atoms with van der Waals surface area (Å²) in [5.74, 6) is 1.73. The summed E-state index contributed by atoms with van der Waals surface area (Å²) < 4.78 is 1.96. The van der Waals surface area contributed by atoms with Crippen molar-refractivity contribution in [1.29, 1.82) is 0 Å². The van der Waals surface area contributed by atoms with E-state index in [0.717, 1.165) is 25.5 Å². The molecule has 4 heteroatoms. The number of aryl methyl sites for hydroxylation is 1. The molecule has 0 spiro atoms. The maximum absolute atomic E-state index is 4.22. The van der Waals surface area contributed by atoms with Gasteiger partial charge in [0.1, 0.15) is 12.2 Å². The monoisotopic (exact) mass is 152 g/mol. The molecule has 0 saturated carbocycles. The zero-order valence-electron chi connectivity index (χ0n) is 6.62. The van der Waals surface area contributed by atoms with E-state index in [4.69, 9.17) is 0 Å². The molecule has 1 N–H and O–H groups in total. The van der Waals surface area contributed by atoms with E-state index in [-0.39, 0.29) is 0 Å². The fourth-order valence-electron chi connectivity index (χ4n) is 1.30. The topological polar surface area (TPSA) is 42.7 Å². The second-order valence-electron chi connectivity index (χ2n) is 2.79. The van der Waals surface area contributed by atoms with E-state index in [0.29, 0.717) is 5.92 Å². The first-order valence-corrected chi connectivity index (χ1v) is 4.00. The first kappa shape index (κ1) is 6.79. The van der Waals surface area contributed by atoms with Crippen molar-refractivity contribution in [3.05, 3.63) is 12.2 Å². The molecule has 0 bridgehead atoms. The van der Waals surface area contributed by atoms with Crippen LogP contribution < -0.4 is 5.32 Å².